The maximum atomic E-state index is 13.5. The SMILES string of the molecule is Cc1nn(CC(=O)NC(C)c2ccc(C(C)(C)C)cc2)c2nc(C(F)F)cc(C(F)F)c12. The van der Waals surface area contributed by atoms with Crippen LogP contribution in [0, 0.1) is 6.92 Å². The fraction of sp³-hybridized carbons (Fsp3) is 0.435. The molecule has 0 radical (unpaired) electrons. The van der Waals surface area contributed by atoms with Gasteiger partial charge in [-0.1, -0.05) is 45.0 Å². The van der Waals surface area contributed by atoms with Gasteiger partial charge in [-0.3, -0.25) is 4.79 Å². The van der Waals surface area contributed by atoms with Crippen molar-refractivity contribution in [1.82, 2.24) is 20.1 Å². The van der Waals surface area contributed by atoms with Crippen LogP contribution in [0.4, 0.5) is 17.6 Å². The zero-order valence-electron chi connectivity index (χ0n) is 18.6. The molecule has 3 aromatic rings. The van der Waals surface area contributed by atoms with Crippen LogP contribution in [0.25, 0.3) is 11.0 Å². The molecule has 0 fully saturated rings. The van der Waals surface area contributed by atoms with Crippen molar-refractivity contribution in [3.8, 4) is 0 Å². The number of hydrogen-bond donors (Lipinski definition) is 1. The van der Waals surface area contributed by atoms with Crippen LogP contribution >= 0.6 is 0 Å². The summed E-state index contributed by atoms with van der Waals surface area (Å²) in [7, 11) is 0. The number of nitrogens with one attached hydrogen (secondary N) is 1. The van der Waals surface area contributed by atoms with E-state index in [4.69, 9.17) is 0 Å². The van der Waals surface area contributed by atoms with Crippen molar-refractivity contribution < 1.29 is 22.4 Å². The number of benzene rings is 1. The molecule has 0 aliphatic heterocycles. The Labute approximate surface area is 183 Å². The normalized spacial score (nSPS) is 13.2. The lowest BCUT2D eigenvalue weighted by atomic mass is 9.86. The molecule has 172 valence electrons. The number of aromatic nitrogens is 3. The van der Waals surface area contributed by atoms with Crippen LogP contribution in [-0.2, 0) is 16.8 Å². The van der Waals surface area contributed by atoms with Crippen LogP contribution in [0.15, 0.2) is 30.3 Å². The van der Waals surface area contributed by atoms with E-state index in [1.807, 2.05) is 31.2 Å². The number of alkyl halides is 4. The maximum Gasteiger partial charge on any atom is 0.280 e. The second-order valence-electron chi connectivity index (χ2n) is 8.84. The Morgan fingerprint density at radius 2 is 1.72 bits per heavy atom. The van der Waals surface area contributed by atoms with Gasteiger partial charge in [-0.2, -0.15) is 5.10 Å². The number of carbonyl (C=O) groups is 1. The summed E-state index contributed by atoms with van der Waals surface area (Å²) in [6.45, 7) is 9.28. The predicted molar refractivity (Wildman–Crippen MR) is 114 cm³/mol. The highest BCUT2D eigenvalue weighted by Crippen LogP contribution is 2.32. The molecule has 2 aromatic heterocycles. The highest BCUT2D eigenvalue weighted by atomic mass is 19.3. The van der Waals surface area contributed by atoms with Gasteiger partial charge in [0.05, 0.1) is 17.1 Å². The molecule has 1 aromatic carbocycles. The number of carbonyl (C=O) groups excluding carboxylic acids is 1. The third kappa shape index (κ3) is 4.92. The molecular weight excluding hydrogens is 424 g/mol. The van der Waals surface area contributed by atoms with Gasteiger partial charge >= 0.3 is 0 Å². The molecule has 1 N–H and O–H groups in total. The third-order valence-electron chi connectivity index (χ3n) is 5.33. The van der Waals surface area contributed by atoms with Crippen LogP contribution < -0.4 is 5.32 Å². The van der Waals surface area contributed by atoms with Crippen LogP contribution in [0.5, 0.6) is 0 Å². The van der Waals surface area contributed by atoms with E-state index in [2.05, 4.69) is 36.2 Å². The van der Waals surface area contributed by atoms with E-state index < -0.39 is 30.0 Å². The van der Waals surface area contributed by atoms with Gasteiger partial charge in [-0.15, -0.1) is 0 Å². The number of aryl methyl sites for hydroxylation is 1. The van der Waals surface area contributed by atoms with Crippen molar-refractivity contribution in [2.45, 2.75) is 65.5 Å². The van der Waals surface area contributed by atoms with Crippen molar-refractivity contribution in [3.05, 3.63) is 58.4 Å². The number of rotatable bonds is 6. The topological polar surface area (TPSA) is 59.8 Å². The number of halogens is 4. The van der Waals surface area contributed by atoms with Crippen molar-refractivity contribution in [2.24, 2.45) is 0 Å². The summed E-state index contributed by atoms with van der Waals surface area (Å²) in [4.78, 5) is 16.4. The molecule has 0 aliphatic carbocycles. The first kappa shape index (κ1) is 23.7. The minimum absolute atomic E-state index is 0.00514. The van der Waals surface area contributed by atoms with Crippen molar-refractivity contribution in [1.29, 1.82) is 0 Å². The Kier molecular flexibility index (Phi) is 6.57. The molecule has 0 saturated carbocycles. The predicted octanol–water partition coefficient (Wildman–Crippen LogP) is 5.79. The standard InChI is InChI=1S/C23H26F4N4O/c1-12(14-6-8-15(9-7-14)23(3,4)5)28-18(32)11-31-22-19(13(2)30-31)16(20(24)25)10-17(29-22)21(26)27/h6-10,12,20-21H,11H2,1-5H3,(H,28,32). The van der Waals surface area contributed by atoms with Crippen molar-refractivity contribution in [3.63, 3.8) is 0 Å². The summed E-state index contributed by atoms with van der Waals surface area (Å²) in [6, 6.07) is 8.25. The van der Waals surface area contributed by atoms with Crippen LogP contribution in [0.2, 0.25) is 0 Å². The van der Waals surface area contributed by atoms with E-state index >= 15 is 0 Å². The Bertz CT molecular complexity index is 1120. The molecule has 0 bridgehead atoms. The second-order valence-corrected chi connectivity index (χ2v) is 8.84. The molecule has 1 atom stereocenters. The van der Waals surface area contributed by atoms with Gasteiger partial charge in [0.25, 0.3) is 12.9 Å². The van der Waals surface area contributed by atoms with E-state index in [0.29, 0.717) is 6.07 Å². The molecule has 9 heteroatoms. The fourth-order valence-corrected chi connectivity index (χ4v) is 3.58. The molecule has 1 amide bonds. The van der Waals surface area contributed by atoms with Gasteiger partial charge < -0.3 is 5.32 Å². The number of amides is 1. The third-order valence-corrected chi connectivity index (χ3v) is 5.33. The Morgan fingerprint density at radius 1 is 1.09 bits per heavy atom. The Balaban J connectivity index is 1.84. The molecule has 3 rings (SSSR count). The van der Waals surface area contributed by atoms with Crippen molar-refractivity contribution in [2.75, 3.05) is 0 Å². The van der Waals surface area contributed by atoms with E-state index in [-0.39, 0.29) is 34.7 Å². The number of hydrogen-bond acceptors (Lipinski definition) is 3. The molecule has 0 aliphatic rings. The molecule has 2 heterocycles. The van der Waals surface area contributed by atoms with Crippen LogP contribution in [0.3, 0.4) is 0 Å². The molecule has 0 spiro atoms. The zero-order chi connectivity index (χ0) is 23.8. The largest absolute Gasteiger partial charge is 0.348 e. The zero-order valence-corrected chi connectivity index (χ0v) is 18.6. The average Bonchev–Trinajstić information content (AvgIpc) is 3.01. The first-order valence-electron chi connectivity index (χ1n) is 10.2. The van der Waals surface area contributed by atoms with Gasteiger partial charge in [0.15, 0.2) is 5.65 Å². The smallest absolute Gasteiger partial charge is 0.280 e. The summed E-state index contributed by atoms with van der Waals surface area (Å²) in [5.41, 5.74) is 0.754. The van der Waals surface area contributed by atoms with Crippen LogP contribution in [-0.4, -0.2) is 20.7 Å². The number of pyridine rings is 1. The van der Waals surface area contributed by atoms with Crippen LogP contribution in [0.1, 0.15) is 74.7 Å². The van der Waals surface area contributed by atoms with Crippen molar-refractivity contribution >= 4 is 16.9 Å². The molecule has 32 heavy (non-hydrogen) atoms. The van der Waals surface area contributed by atoms with E-state index in [0.717, 1.165) is 15.8 Å². The lowest BCUT2D eigenvalue weighted by molar-refractivity contribution is -0.122. The van der Waals surface area contributed by atoms with Gasteiger partial charge in [-0.05, 0) is 36.5 Å². The number of fused-ring (bicyclic) bond motifs is 1. The lowest BCUT2D eigenvalue weighted by Crippen LogP contribution is -2.30. The Hall–Kier alpha value is -2.97. The maximum absolute atomic E-state index is 13.5. The average molecular weight is 450 g/mol. The fourth-order valence-electron chi connectivity index (χ4n) is 3.58. The lowest BCUT2D eigenvalue weighted by Gasteiger charge is -2.20. The summed E-state index contributed by atoms with van der Waals surface area (Å²) in [5, 5.41) is 6.92. The van der Waals surface area contributed by atoms with Gasteiger partial charge in [-0.25, -0.2) is 27.2 Å². The first-order valence-corrected chi connectivity index (χ1v) is 10.2. The summed E-state index contributed by atoms with van der Waals surface area (Å²) in [6.07, 6.45) is -6.00. The van der Waals surface area contributed by atoms with Gasteiger partial charge in [0, 0.05) is 5.56 Å². The molecule has 5 nitrogen and oxygen atoms in total. The molecule has 1 unspecified atom stereocenters. The monoisotopic (exact) mass is 450 g/mol. The highest BCUT2D eigenvalue weighted by molar-refractivity contribution is 5.85. The van der Waals surface area contributed by atoms with E-state index in [9.17, 15) is 22.4 Å². The summed E-state index contributed by atoms with van der Waals surface area (Å²) in [5.74, 6) is -0.440. The number of nitrogens with zero attached hydrogens (tertiary/aromatic N) is 3. The molecular formula is C23H26F4N4O. The van der Waals surface area contributed by atoms with E-state index in [1.54, 1.807) is 0 Å². The highest BCUT2D eigenvalue weighted by Gasteiger charge is 2.24. The first-order chi connectivity index (χ1) is 14.9. The minimum Gasteiger partial charge on any atom is -0.348 e. The summed E-state index contributed by atoms with van der Waals surface area (Å²) < 4.78 is 54.4. The van der Waals surface area contributed by atoms with Gasteiger partial charge in [0.2, 0.25) is 5.91 Å². The van der Waals surface area contributed by atoms with Gasteiger partial charge in [0.1, 0.15) is 12.2 Å². The van der Waals surface area contributed by atoms with E-state index in [1.165, 1.54) is 6.92 Å². The second kappa shape index (κ2) is 8.88. The molecule has 0 saturated heterocycles. The Morgan fingerprint density at radius 3 is 2.25 bits per heavy atom. The summed E-state index contributed by atoms with van der Waals surface area (Å²) >= 11 is 0. The quantitative estimate of drug-likeness (QED) is 0.484. The minimum atomic E-state index is -3.02.